The first-order valence-electron chi connectivity index (χ1n) is 3.60. The van der Waals surface area contributed by atoms with E-state index in [0.29, 0.717) is 0 Å². The highest BCUT2D eigenvalue weighted by molar-refractivity contribution is 9.10. The van der Waals surface area contributed by atoms with Crippen LogP contribution in [0.2, 0.25) is 0 Å². The Kier molecular flexibility index (Phi) is 3.83. The molecule has 0 saturated heterocycles. The van der Waals surface area contributed by atoms with Crippen molar-refractivity contribution >= 4 is 35.7 Å². The molecule has 1 aromatic heterocycles. The van der Waals surface area contributed by atoms with E-state index < -0.39 is 26.2 Å². The number of nitrogens with zero attached hydrogens (tertiary/aromatic N) is 2. The predicted molar refractivity (Wildman–Crippen MR) is 54.6 cm³/mol. The molecule has 0 fully saturated rings. The van der Waals surface area contributed by atoms with Gasteiger partial charge in [0.2, 0.25) is 0 Å². The summed E-state index contributed by atoms with van der Waals surface area (Å²) in [5.74, 6) is 0. The summed E-state index contributed by atoms with van der Waals surface area (Å²) >= 11 is 2.77. The van der Waals surface area contributed by atoms with Gasteiger partial charge < -0.3 is 0 Å². The molecule has 86 valence electrons. The first-order valence-corrected chi connectivity index (χ1v) is 6.71. The van der Waals surface area contributed by atoms with E-state index in [1.807, 2.05) is 0 Å². The molecular weight excluding hydrogens is 330 g/mol. The van der Waals surface area contributed by atoms with Gasteiger partial charge in [-0.1, -0.05) is 0 Å². The number of alkyl halides is 2. The predicted octanol–water partition coefficient (Wildman–Crippen LogP) is 2.58. The summed E-state index contributed by atoms with van der Waals surface area (Å²) in [6.45, 7) is 0. The first-order chi connectivity index (χ1) is 7.27. The lowest BCUT2D eigenvalue weighted by Gasteiger charge is -2.05. The minimum atomic E-state index is -4.29. The Balaban J connectivity index is 3.63. The van der Waals surface area contributed by atoms with Crippen molar-refractivity contribution in [3.8, 4) is 6.07 Å². The number of aromatic nitrogens is 1. The Morgan fingerprint density at radius 1 is 1.56 bits per heavy atom. The first kappa shape index (κ1) is 13.3. The quantitative estimate of drug-likeness (QED) is 0.781. The summed E-state index contributed by atoms with van der Waals surface area (Å²) in [4.78, 5) is 3.18. The van der Waals surface area contributed by atoms with Crippen molar-refractivity contribution < 1.29 is 17.2 Å². The maximum atomic E-state index is 12.4. The van der Waals surface area contributed by atoms with Crippen LogP contribution in [0.15, 0.2) is 15.6 Å². The fourth-order valence-corrected chi connectivity index (χ4v) is 2.96. The standard InChI is InChI=1S/C7H2BrClF2N2O2S/c8-5-3(2-12)1-4(6(10)11)13-7(5)16(9,14)15/h1,6H. The second-order valence-electron chi connectivity index (χ2n) is 2.56. The fourth-order valence-electron chi connectivity index (χ4n) is 0.880. The summed E-state index contributed by atoms with van der Waals surface area (Å²) in [6, 6.07) is 2.35. The molecule has 0 saturated carbocycles. The van der Waals surface area contributed by atoms with Crippen LogP contribution < -0.4 is 0 Å². The van der Waals surface area contributed by atoms with E-state index in [1.54, 1.807) is 6.07 Å². The van der Waals surface area contributed by atoms with Gasteiger partial charge in [0.05, 0.1) is 10.0 Å². The van der Waals surface area contributed by atoms with Gasteiger partial charge in [0, 0.05) is 10.7 Å². The molecule has 4 nitrogen and oxygen atoms in total. The number of halogens is 4. The largest absolute Gasteiger partial charge is 0.280 e. The van der Waals surface area contributed by atoms with Gasteiger partial charge in [-0.15, -0.1) is 0 Å². The average molecular weight is 332 g/mol. The highest BCUT2D eigenvalue weighted by atomic mass is 79.9. The molecule has 0 aromatic carbocycles. The molecular formula is C7H2BrClF2N2O2S. The number of hydrogen-bond acceptors (Lipinski definition) is 4. The molecule has 1 rings (SSSR count). The molecule has 0 spiro atoms. The van der Waals surface area contributed by atoms with Crippen molar-refractivity contribution in [2.24, 2.45) is 0 Å². The molecule has 16 heavy (non-hydrogen) atoms. The van der Waals surface area contributed by atoms with Crippen molar-refractivity contribution in [2.45, 2.75) is 11.5 Å². The molecule has 0 bridgehead atoms. The third-order valence-electron chi connectivity index (χ3n) is 1.52. The van der Waals surface area contributed by atoms with Gasteiger partial charge in [0.25, 0.3) is 15.5 Å². The number of rotatable bonds is 2. The Bertz CT molecular complexity index is 570. The molecule has 0 unspecified atom stereocenters. The number of hydrogen-bond donors (Lipinski definition) is 0. The van der Waals surface area contributed by atoms with Crippen LogP contribution in [-0.4, -0.2) is 13.4 Å². The SMILES string of the molecule is N#Cc1cc(C(F)F)nc(S(=O)(=O)Cl)c1Br. The van der Waals surface area contributed by atoms with Gasteiger partial charge in [0.1, 0.15) is 11.8 Å². The molecule has 0 aliphatic carbocycles. The second-order valence-corrected chi connectivity index (χ2v) is 5.84. The Hall–Kier alpha value is -0.780. The molecule has 0 N–H and O–H groups in total. The normalized spacial score (nSPS) is 11.5. The lowest BCUT2D eigenvalue weighted by Crippen LogP contribution is -2.03. The van der Waals surface area contributed by atoms with Gasteiger partial charge in [-0.2, -0.15) is 5.26 Å². The zero-order valence-corrected chi connectivity index (χ0v) is 10.4. The smallest absolute Gasteiger partial charge is 0.233 e. The van der Waals surface area contributed by atoms with Crippen LogP contribution in [0.1, 0.15) is 17.7 Å². The average Bonchev–Trinajstić information content (AvgIpc) is 2.15. The van der Waals surface area contributed by atoms with Crippen LogP contribution in [0.4, 0.5) is 8.78 Å². The molecule has 1 heterocycles. The third-order valence-corrected chi connectivity index (χ3v) is 3.78. The zero-order chi connectivity index (χ0) is 12.5. The Labute approximate surface area is 102 Å². The van der Waals surface area contributed by atoms with Crippen molar-refractivity contribution in [1.29, 1.82) is 5.26 Å². The molecule has 0 amide bonds. The van der Waals surface area contributed by atoms with Crippen molar-refractivity contribution in [3.63, 3.8) is 0 Å². The summed E-state index contributed by atoms with van der Waals surface area (Å²) in [5, 5.41) is 7.84. The van der Waals surface area contributed by atoms with Crippen LogP contribution in [0.25, 0.3) is 0 Å². The van der Waals surface area contributed by atoms with E-state index in [4.69, 9.17) is 15.9 Å². The minimum absolute atomic E-state index is 0.227. The lowest BCUT2D eigenvalue weighted by atomic mass is 10.2. The third kappa shape index (κ3) is 2.66. The monoisotopic (exact) mass is 330 g/mol. The zero-order valence-electron chi connectivity index (χ0n) is 7.29. The number of nitriles is 1. The van der Waals surface area contributed by atoms with Crippen molar-refractivity contribution in [1.82, 2.24) is 4.98 Å². The van der Waals surface area contributed by atoms with E-state index >= 15 is 0 Å². The highest BCUT2D eigenvalue weighted by Crippen LogP contribution is 2.30. The van der Waals surface area contributed by atoms with E-state index in [9.17, 15) is 17.2 Å². The van der Waals surface area contributed by atoms with E-state index in [0.717, 1.165) is 6.07 Å². The summed E-state index contributed by atoms with van der Waals surface area (Å²) < 4.78 is 46.5. The van der Waals surface area contributed by atoms with Crippen LogP contribution in [0, 0.1) is 11.3 Å². The van der Waals surface area contributed by atoms with E-state index in [-0.39, 0.29) is 10.0 Å². The summed E-state index contributed by atoms with van der Waals surface area (Å²) in [6.07, 6.45) is -2.99. The van der Waals surface area contributed by atoms with Gasteiger partial charge in [-0.25, -0.2) is 22.2 Å². The van der Waals surface area contributed by atoms with Gasteiger partial charge in [0.15, 0.2) is 5.03 Å². The van der Waals surface area contributed by atoms with Gasteiger partial charge in [-0.3, -0.25) is 0 Å². The highest BCUT2D eigenvalue weighted by Gasteiger charge is 2.23. The van der Waals surface area contributed by atoms with Crippen LogP contribution in [0.5, 0.6) is 0 Å². The van der Waals surface area contributed by atoms with Crippen molar-refractivity contribution in [3.05, 3.63) is 21.8 Å². The van der Waals surface area contributed by atoms with Crippen LogP contribution in [0.3, 0.4) is 0 Å². The number of pyridine rings is 1. The van der Waals surface area contributed by atoms with E-state index in [2.05, 4.69) is 20.9 Å². The van der Waals surface area contributed by atoms with Crippen LogP contribution in [-0.2, 0) is 9.05 Å². The maximum absolute atomic E-state index is 12.4. The Morgan fingerprint density at radius 3 is 2.50 bits per heavy atom. The molecule has 0 atom stereocenters. The molecule has 0 aliphatic rings. The maximum Gasteiger partial charge on any atom is 0.280 e. The van der Waals surface area contributed by atoms with Gasteiger partial charge in [-0.05, 0) is 22.0 Å². The minimum Gasteiger partial charge on any atom is -0.233 e. The summed E-state index contributed by atoms with van der Waals surface area (Å²) in [5.41, 5.74) is -1.09. The van der Waals surface area contributed by atoms with E-state index in [1.165, 1.54) is 0 Å². The molecule has 9 heteroatoms. The van der Waals surface area contributed by atoms with Gasteiger partial charge >= 0.3 is 0 Å². The second kappa shape index (κ2) is 4.61. The fraction of sp³-hybridized carbons (Fsp3) is 0.143. The van der Waals surface area contributed by atoms with Crippen LogP contribution >= 0.6 is 26.6 Å². The lowest BCUT2D eigenvalue weighted by molar-refractivity contribution is 0.145. The molecule has 0 radical (unpaired) electrons. The molecule has 0 aliphatic heterocycles. The molecule has 1 aromatic rings. The summed E-state index contributed by atoms with van der Waals surface area (Å²) in [7, 11) is 0.703. The van der Waals surface area contributed by atoms with Crippen molar-refractivity contribution in [2.75, 3.05) is 0 Å². The topological polar surface area (TPSA) is 70.8 Å². The Morgan fingerprint density at radius 2 is 2.12 bits per heavy atom.